The minimum absolute atomic E-state index is 0.368. The normalized spacial score (nSPS) is 10.8. The molecule has 8 nitrogen and oxygen atoms in total. The molecule has 0 aliphatic rings. The largest absolute Gasteiger partial charge is 0.481 e. The maximum Gasteiger partial charge on any atom is 0.257 e. The van der Waals surface area contributed by atoms with Crippen molar-refractivity contribution in [1.29, 1.82) is 0 Å². The van der Waals surface area contributed by atoms with Crippen molar-refractivity contribution in [2.75, 3.05) is 14.2 Å². The maximum absolute atomic E-state index is 5.20. The van der Waals surface area contributed by atoms with Crippen LogP contribution in [0.25, 0.3) is 27.1 Å². The molecule has 0 aromatic carbocycles. The summed E-state index contributed by atoms with van der Waals surface area (Å²) < 4.78 is 12.0. The molecule has 0 spiro atoms. The van der Waals surface area contributed by atoms with E-state index in [-0.39, 0.29) is 0 Å². The number of nitrogens with zero attached hydrogens (tertiary/aromatic N) is 6. The van der Waals surface area contributed by atoms with Crippen LogP contribution in [0.2, 0.25) is 0 Å². The number of aromatic nitrogens is 6. The fourth-order valence-electron chi connectivity index (χ4n) is 2.51. The van der Waals surface area contributed by atoms with E-state index in [9.17, 15) is 0 Å². The Morgan fingerprint density at radius 1 is 1.04 bits per heavy atom. The number of methoxy groups -OCH3 is 2. The van der Waals surface area contributed by atoms with Gasteiger partial charge in [-0.2, -0.15) is 15.1 Å². The number of hydrogen-bond acceptors (Lipinski definition) is 8. The van der Waals surface area contributed by atoms with Gasteiger partial charge in [-0.1, -0.05) is 0 Å². The molecular weight excluding hydrogens is 364 g/mol. The quantitative estimate of drug-likeness (QED) is 0.525. The zero-order valence-corrected chi connectivity index (χ0v) is 15.8. The maximum atomic E-state index is 5.20. The van der Waals surface area contributed by atoms with Crippen molar-refractivity contribution < 1.29 is 9.47 Å². The van der Waals surface area contributed by atoms with Crippen molar-refractivity contribution in [3.8, 4) is 38.9 Å². The van der Waals surface area contributed by atoms with Crippen molar-refractivity contribution in [2.24, 2.45) is 0 Å². The van der Waals surface area contributed by atoms with E-state index in [2.05, 4.69) is 25.0 Å². The van der Waals surface area contributed by atoms with Gasteiger partial charge in [-0.15, -0.1) is 11.3 Å². The summed E-state index contributed by atoms with van der Waals surface area (Å²) in [5.74, 6) is 1.18. The fraction of sp³-hybridized carbons (Fsp3) is 0.167. The van der Waals surface area contributed by atoms with Gasteiger partial charge >= 0.3 is 0 Å². The molecule has 0 radical (unpaired) electrons. The summed E-state index contributed by atoms with van der Waals surface area (Å²) in [5, 5.41) is 5.51. The van der Waals surface area contributed by atoms with E-state index in [1.165, 1.54) is 0 Å². The summed E-state index contributed by atoms with van der Waals surface area (Å²) in [6.45, 7) is 1.97. The van der Waals surface area contributed by atoms with Crippen molar-refractivity contribution in [1.82, 2.24) is 29.7 Å². The number of hydrogen-bond donors (Lipinski definition) is 0. The van der Waals surface area contributed by atoms with Crippen LogP contribution in [0, 0.1) is 6.92 Å². The van der Waals surface area contributed by atoms with Gasteiger partial charge in [-0.25, -0.2) is 9.67 Å². The number of ether oxygens (including phenoxy) is 2. The van der Waals surface area contributed by atoms with Crippen LogP contribution in [-0.2, 0) is 0 Å². The second kappa shape index (κ2) is 7.12. The van der Waals surface area contributed by atoms with Crippen LogP contribution in [0.5, 0.6) is 11.8 Å². The minimum Gasteiger partial charge on any atom is -0.481 e. The first kappa shape index (κ1) is 17.1. The summed E-state index contributed by atoms with van der Waals surface area (Å²) in [4.78, 5) is 18.4. The highest BCUT2D eigenvalue weighted by molar-refractivity contribution is 7.18. The monoisotopic (exact) mass is 380 g/mol. The van der Waals surface area contributed by atoms with Crippen molar-refractivity contribution in [3.05, 3.63) is 48.5 Å². The molecule has 4 aromatic heterocycles. The van der Waals surface area contributed by atoms with Crippen LogP contribution in [0.3, 0.4) is 0 Å². The highest BCUT2D eigenvalue weighted by Crippen LogP contribution is 2.34. The molecule has 4 aromatic rings. The Morgan fingerprint density at radius 2 is 1.81 bits per heavy atom. The van der Waals surface area contributed by atoms with Gasteiger partial charge in [-0.05, 0) is 25.1 Å². The lowest BCUT2D eigenvalue weighted by atomic mass is 10.3. The molecule has 27 heavy (non-hydrogen) atoms. The molecule has 0 aliphatic carbocycles. The molecule has 0 amide bonds. The Bertz CT molecular complexity index is 1050. The van der Waals surface area contributed by atoms with Crippen LogP contribution in [0.1, 0.15) is 5.69 Å². The van der Waals surface area contributed by atoms with Gasteiger partial charge in [0.2, 0.25) is 11.8 Å². The number of thiazole rings is 1. The van der Waals surface area contributed by atoms with Gasteiger partial charge in [0, 0.05) is 24.2 Å². The van der Waals surface area contributed by atoms with Crippen LogP contribution in [0.4, 0.5) is 0 Å². The SMILES string of the molecule is COc1cc(OC)nc(-n2ccc(-c3sc(-c4cccnc4)nc3C)n2)n1. The second-order valence-corrected chi connectivity index (χ2v) is 6.57. The third-order valence-electron chi connectivity index (χ3n) is 3.82. The molecular formula is C18H16N6O2S. The van der Waals surface area contributed by atoms with Crippen molar-refractivity contribution in [2.45, 2.75) is 6.92 Å². The Hall–Kier alpha value is -3.33. The summed E-state index contributed by atoms with van der Waals surface area (Å²) in [7, 11) is 3.08. The zero-order chi connectivity index (χ0) is 18.8. The molecule has 0 aliphatic heterocycles. The third-order valence-corrected chi connectivity index (χ3v) is 5.05. The number of rotatable bonds is 5. The molecule has 0 unspecified atom stereocenters. The van der Waals surface area contributed by atoms with Crippen molar-refractivity contribution in [3.63, 3.8) is 0 Å². The predicted molar refractivity (Wildman–Crippen MR) is 101 cm³/mol. The van der Waals surface area contributed by atoms with Gasteiger partial charge in [0.1, 0.15) is 10.7 Å². The van der Waals surface area contributed by atoms with E-state index < -0.39 is 0 Å². The zero-order valence-electron chi connectivity index (χ0n) is 14.9. The second-order valence-electron chi connectivity index (χ2n) is 5.57. The molecule has 9 heteroatoms. The summed E-state index contributed by atoms with van der Waals surface area (Å²) in [6, 6.07) is 7.41. The van der Waals surface area contributed by atoms with E-state index in [1.807, 2.05) is 25.1 Å². The van der Waals surface area contributed by atoms with E-state index >= 15 is 0 Å². The third kappa shape index (κ3) is 3.36. The first-order valence-corrected chi connectivity index (χ1v) is 8.91. The van der Waals surface area contributed by atoms with E-state index in [4.69, 9.17) is 9.47 Å². The molecule has 4 rings (SSSR count). The van der Waals surface area contributed by atoms with Gasteiger partial charge < -0.3 is 9.47 Å². The van der Waals surface area contributed by atoms with Crippen LogP contribution in [0.15, 0.2) is 42.9 Å². The summed E-state index contributed by atoms with van der Waals surface area (Å²) in [6.07, 6.45) is 5.35. The van der Waals surface area contributed by atoms with Crippen LogP contribution in [-0.4, -0.2) is 43.9 Å². The summed E-state index contributed by atoms with van der Waals surface area (Å²) in [5.41, 5.74) is 2.69. The molecule has 4 heterocycles. The number of aryl methyl sites for hydroxylation is 1. The molecule has 136 valence electrons. The lowest BCUT2D eigenvalue weighted by Crippen LogP contribution is -2.04. The van der Waals surface area contributed by atoms with E-state index in [1.54, 1.807) is 54.9 Å². The Kier molecular flexibility index (Phi) is 4.51. The van der Waals surface area contributed by atoms with Crippen LogP contribution < -0.4 is 9.47 Å². The fourth-order valence-corrected chi connectivity index (χ4v) is 3.53. The van der Waals surface area contributed by atoms with E-state index in [0.29, 0.717) is 17.7 Å². The molecule has 0 saturated carbocycles. The first-order chi connectivity index (χ1) is 13.2. The first-order valence-electron chi connectivity index (χ1n) is 8.09. The lowest BCUT2D eigenvalue weighted by molar-refractivity contribution is 0.370. The number of pyridine rings is 1. The van der Waals surface area contributed by atoms with Crippen LogP contribution >= 0.6 is 11.3 Å². The highest BCUT2D eigenvalue weighted by Gasteiger charge is 2.15. The van der Waals surface area contributed by atoms with Gasteiger partial charge in [0.05, 0.1) is 30.9 Å². The molecule has 0 N–H and O–H groups in total. The predicted octanol–water partition coefficient (Wildman–Crippen LogP) is 3.17. The van der Waals surface area contributed by atoms with Gasteiger partial charge in [0.15, 0.2) is 0 Å². The van der Waals surface area contributed by atoms with Gasteiger partial charge in [0.25, 0.3) is 5.95 Å². The summed E-state index contributed by atoms with van der Waals surface area (Å²) >= 11 is 1.57. The average molecular weight is 380 g/mol. The topological polar surface area (TPSA) is 87.8 Å². The Balaban J connectivity index is 1.71. The van der Waals surface area contributed by atoms with E-state index in [0.717, 1.165) is 26.8 Å². The van der Waals surface area contributed by atoms with Crippen molar-refractivity contribution >= 4 is 11.3 Å². The lowest BCUT2D eigenvalue weighted by Gasteiger charge is -2.05. The van der Waals surface area contributed by atoms with Gasteiger partial charge in [-0.3, -0.25) is 4.98 Å². The molecule has 0 fully saturated rings. The minimum atomic E-state index is 0.368. The highest BCUT2D eigenvalue weighted by atomic mass is 32.1. The standard InChI is InChI=1S/C18H16N6O2S/c1-11-16(27-17(20-11)12-5-4-7-19-10-12)13-6-8-24(23-13)18-21-14(25-2)9-15(22-18)26-3/h4-10H,1-3H3. The average Bonchev–Trinajstić information content (AvgIpc) is 3.35. The molecule has 0 atom stereocenters. The smallest absolute Gasteiger partial charge is 0.257 e. The molecule has 0 bridgehead atoms. The Morgan fingerprint density at radius 3 is 2.48 bits per heavy atom. The Labute approximate surface area is 159 Å². The molecule has 0 saturated heterocycles.